The third-order valence-electron chi connectivity index (χ3n) is 4.71. The highest BCUT2D eigenvalue weighted by atomic mass is 32.2. The Balaban J connectivity index is 2.62. The van der Waals surface area contributed by atoms with Crippen LogP contribution in [0.5, 0.6) is 5.75 Å². The standard InChI is InChI=1S/C20H19F3O7S/c1-5-13-12(3)15-10-29-19(25)17(15)18(30-31(26,27)20(21,22)23)14(13)8-6-11(2)7-9-16(24)28-4/h1,6H,7-10H2,2-4H3/b11-6+. The van der Waals surface area contributed by atoms with Crippen LogP contribution < -0.4 is 4.18 Å². The second kappa shape index (κ2) is 9.01. The highest BCUT2D eigenvalue weighted by molar-refractivity contribution is 7.88. The highest BCUT2D eigenvalue weighted by Gasteiger charge is 2.50. The molecule has 1 aliphatic heterocycles. The lowest BCUT2D eigenvalue weighted by molar-refractivity contribution is -0.140. The van der Waals surface area contributed by atoms with Gasteiger partial charge in [-0.25, -0.2) is 4.79 Å². The molecule has 2 rings (SSSR count). The van der Waals surface area contributed by atoms with Crippen LogP contribution in [0.4, 0.5) is 13.2 Å². The Labute approximate surface area is 177 Å². The number of methoxy groups -OCH3 is 1. The predicted octanol–water partition coefficient (Wildman–Crippen LogP) is 3.32. The number of terminal acetylenes is 1. The lowest BCUT2D eigenvalue weighted by Crippen LogP contribution is -2.29. The van der Waals surface area contributed by atoms with Crippen LogP contribution in [0, 0.1) is 19.3 Å². The first-order valence-electron chi connectivity index (χ1n) is 8.89. The van der Waals surface area contributed by atoms with Crippen LogP contribution in [-0.4, -0.2) is 33.0 Å². The van der Waals surface area contributed by atoms with Crippen LogP contribution in [-0.2, 0) is 37.4 Å². The van der Waals surface area contributed by atoms with E-state index in [0.29, 0.717) is 17.6 Å². The van der Waals surface area contributed by atoms with E-state index in [0.717, 1.165) is 0 Å². The summed E-state index contributed by atoms with van der Waals surface area (Å²) in [5.41, 5.74) is -4.87. The Morgan fingerprint density at radius 3 is 2.52 bits per heavy atom. The van der Waals surface area contributed by atoms with E-state index >= 15 is 0 Å². The van der Waals surface area contributed by atoms with Crippen LogP contribution in [0.1, 0.15) is 52.4 Å². The largest absolute Gasteiger partial charge is 0.534 e. The van der Waals surface area contributed by atoms with E-state index in [-0.39, 0.29) is 36.1 Å². The molecule has 0 radical (unpaired) electrons. The molecule has 1 aromatic rings. The number of halogens is 3. The van der Waals surface area contributed by atoms with Gasteiger partial charge in [-0.2, -0.15) is 21.6 Å². The van der Waals surface area contributed by atoms with Gasteiger partial charge in [-0.15, -0.1) is 6.42 Å². The number of rotatable bonds is 7. The van der Waals surface area contributed by atoms with Crippen molar-refractivity contribution in [2.75, 3.05) is 7.11 Å². The van der Waals surface area contributed by atoms with Gasteiger partial charge in [-0.1, -0.05) is 17.6 Å². The van der Waals surface area contributed by atoms with E-state index in [1.807, 2.05) is 0 Å². The average Bonchev–Trinajstić information content (AvgIpc) is 3.07. The number of esters is 2. The number of benzene rings is 1. The van der Waals surface area contributed by atoms with Crippen molar-refractivity contribution < 1.29 is 44.8 Å². The molecular formula is C20H19F3O7S. The van der Waals surface area contributed by atoms with Crippen molar-refractivity contribution in [1.29, 1.82) is 0 Å². The van der Waals surface area contributed by atoms with Crippen molar-refractivity contribution in [2.45, 2.75) is 45.2 Å². The summed E-state index contributed by atoms with van der Waals surface area (Å²) in [6.07, 6.45) is 7.31. The number of allylic oxidation sites excluding steroid dienone is 2. The smallest absolute Gasteiger partial charge is 0.469 e. The number of cyclic esters (lactones) is 1. The first-order chi connectivity index (χ1) is 14.3. The number of hydrogen-bond donors (Lipinski definition) is 0. The molecule has 1 aliphatic rings. The molecule has 1 heterocycles. The fourth-order valence-corrected chi connectivity index (χ4v) is 3.49. The molecule has 0 spiro atoms. The van der Waals surface area contributed by atoms with Crippen molar-refractivity contribution >= 4 is 22.1 Å². The molecule has 0 fully saturated rings. The summed E-state index contributed by atoms with van der Waals surface area (Å²) in [6.45, 7) is 2.95. The van der Waals surface area contributed by atoms with E-state index < -0.39 is 38.9 Å². The normalized spacial score (nSPS) is 14.0. The van der Waals surface area contributed by atoms with Gasteiger partial charge in [0.05, 0.1) is 7.11 Å². The molecule has 168 valence electrons. The van der Waals surface area contributed by atoms with Gasteiger partial charge >= 0.3 is 27.6 Å². The number of alkyl halides is 3. The molecule has 0 aliphatic carbocycles. The fourth-order valence-electron chi connectivity index (χ4n) is 2.99. The van der Waals surface area contributed by atoms with E-state index in [2.05, 4.69) is 14.8 Å². The van der Waals surface area contributed by atoms with Crippen LogP contribution in [0.3, 0.4) is 0 Å². The van der Waals surface area contributed by atoms with Crippen LogP contribution in [0.25, 0.3) is 0 Å². The molecule has 0 saturated heterocycles. The van der Waals surface area contributed by atoms with E-state index in [4.69, 9.17) is 11.2 Å². The summed E-state index contributed by atoms with van der Waals surface area (Å²) in [5, 5.41) is 0. The highest BCUT2D eigenvalue weighted by Crippen LogP contribution is 2.41. The molecule has 7 nitrogen and oxygen atoms in total. The lowest BCUT2D eigenvalue weighted by atomic mass is 9.90. The van der Waals surface area contributed by atoms with E-state index in [9.17, 15) is 31.2 Å². The molecule has 0 saturated carbocycles. The van der Waals surface area contributed by atoms with E-state index in [1.165, 1.54) is 7.11 Å². The molecule has 0 aromatic heterocycles. The molecule has 0 unspecified atom stereocenters. The Morgan fingerprint density at radius 2 is 1.97 bits per heavy atom. The summed E-state index contributed by atoms with van der Waals surface area (Å²) < 4.78 is 76.1. The van der Waals surface area contributed by atoms with Crippen molar-refractivity contribution in [1.82, 2.24) is 0 Å². The number of fused-ring (bicyclic) bond motifs is 1. The van der Waals surface area contributed by atoms with Crippen molar-refractivity contribution in [3.8, 4) is 18.1 Å². The van der Waals surface area contributed by atoms with Gasteiger partial charge in [-0.05, 0) is 32.3 Å². The van der Waals surface area contributed by atoms with Gasteiger partial charge in [0.25, 0.3) is 0 Å². The Kier molecular flexibility index (Phi) is 7.06. The summed E-state index contributed by atoms with van der Waals surface area (Å²) in [5.74, 6) is 0.0667. The summed E-state index contributed by atoms with van der Waals surface area (Å²) in [4.78, 5) is 23.5. The quantitative estimate of drug-likeness (QED) is 0.203. The lowest BCUT2D eigenvalue weighted by Gasteiger charge is -2.18. The van der Waals surface area contributed by atoms with Gasteiger partial charge in [0.2, 0.25) is 0 Å². The third-order valence-corrected chi connectivity index (χ3v) is 5.66. The fraction of sp³-hybridized carbons (Fsp3) is 0.400. The van der Waals surface area contributed by atoms with Gasteiger partial charge in [0.15, 0.2) is 5.75 Å². The molecule has 0 atom stereocenters. The second-order valence-corrected chi connectivity index (χ2v) is 8.23. The van der Waals surface area contributed by atoms with Crippen LogP contribution in [0.2, 0.25) is 0 Å². The van der Waals surface area contributed by atoms with E-state index in [1.54, 1.807) is 19.9 Å². The summed E-state index contributed by atoms with van der Waals surface area (Å²) >= 11 is 0. The zero-order valence-electron chi connectivity index (χ0n) is 16.9. The second-order valence-electron chi connectivity index (χ2n) is 6.70. The molecule has 1 aromatic carbocycles. The maximum Gasteiger partial charge on any atom is 0.534 e. The van der Waals surface area contributed by atoms with Crippen LogP contribution in [0.15, 0.2) is 11.6 Å². The minimum Gasteiger partial charge on any atom is -0.469 e. The number of carbonyl (C=O) groups is 2. The Hall–Kier alpha value is -3.00. The number of ether oxygens (including phenoxy) is 2. The molecule has 31 heavy (non-hydrogen) atoms. The Bertz CT molecular complexity index is 1090. The Morgan fingerprint density at radius 1 is 1.32 bits per heavy atom. The zero-order chi connectivity index (χ0) is 23.6. The molecule has 0 N–H and O–H groups in total. The average molecular weight is 460 g/mol. The monoisotopic (exact) mass is 460 g/mol. The third kappa shape index (κ3) is 5.02. The van der Waals surface area contributed by atoms with Gasteiger partial charge in [-0.3, -0.25) is 4.79 Å². The topological polar surface area (TPSA) is 96.0 Å². The first-order valence-corrected chi connectivity index (χ1v) is 10.3. The van der Waals surface area contributed by atoms with Crippen molar-refractivity contribution in [3.05, 3.63) is 39.5 Å². The summed E-state index contributed by atoms with van der Waals surface area (Å²) in [6, 6.07) is 0. The maximum absolute atomic E-state index is 13.0. The molecule has 0 bridgehead atoms. The predicted molar refractivity (Wildman–Crippen MR) is 103 cm³/mol. The SMILES string of the molecule is C#Cc1c(C)c2c(c(OS(=O)(=O)C(F)(F)F)c1C/C=C(\C)CCC(=O)OC)C(=O)OC2. The summed E-state index contributed by atoms with van der Waals surface area (Å²) in [7, 11) is -4.84. The number of hydrogen-bond acceptors (Lipinski definition) is 7. The van der Waals surface area contributed by atoms with Crippen molar-refractivity contribution in [3.63, 3.8) is 0 Å². The molecular weight excluding hydrogens is 441 g/mol. The molecule has 0 amide bonds. The first kappa shape index (κ1) is 24.3. The zero-order valence-corrected chi connectivity index (χ0v) is 17.7. The molecule has 11 heteroatoms. The van der Waals surface area contributed by atoms with Gasteiger partial charge in [0.1, 0.15) is 12.2 Å². The maximum atomic E-state index is 13.0. The minimum absolute atomic E-state index is 0.0716. The number of carbonyl (C=O) groups excluding carboxylic acids is 2. The van der Waals surface area contributed by atoms with Crippen LogP contribution >= 0.6 is 0 Å². The minimum atomic E-state index is -6.08. The van der Waals surface area contributed by atoms with Gasteiger partial charge < -0.3 is 13.7 Å². The van der Waals surface area contributed by atoms with Gasteiger partial charge in [0, 0.05) is 23.1 Å². The van der Waals surface area contributed by atoms with Crippen molar-refractivity contribution in [2.24, 2.45) is 0 Å².